The Morgan fingerprint density at radius 3 is 2.42 bits per heavy atom. The molecule has 0 saturated carbocycles. The van der Waals surface area contributed by atoms with Crippen molar-refractivity contribution in [3.63, 3.8) is 0 Å². The van der Waals surface area contributed by atoms with E-state index in [0.29, 0.717) is 18.1 Å². The summed E-state index contributed by atoms with van der Waals surface area (Å²) in [6.45, 7) is 2.52. The molecule has 2 aromatic heterocycles. The van der Waals surface area contributed by atoms with Crippen LogP contribution in [0.1, 0.15) is 54.5 Å². The minimum Gasteiger partial charge on any atom is -0.321 e. The average molecular weight is 541 g/mol. The van der Waals surface area contributed by atoms with E-state index >= 15 is 0 Å². The standard InChI is InChI=1S/C31H30F2N6O/c1-2-3-9-30-34-19-27(28(40)16-17-29(32)33)39(30)20-21-10-12-23(13-11-21)26-18-24(22-7-5-4-6-8-22)14-15-25(26)31-35-37-38-36-31/h4-8,10-15,18-19,29H,2-3,9,16-17,20H2,1H3,(H,35,36,37,38). The fourth-order valence-corrected chi connectivity index (χ4v) is 4.75. The van der Waals surface area contributed by atoms with Crippen molar-refractivity contribution < 1.29 is 13.6 Å². The predicted molar refractivity (Wildman–Crippen MR) is 150 cm³/mol. The number of ketones is 1. The summed E-state index contributed by atoms with van der Waals surface area (Å²) in [7, 11) is 0. The number of halogens is 2. The summed E-state index contributed by atoms with van der Waals surface area (Å²) < 4.78 is 27.4. The summed E-state index contributed by atoms with van der Waals surface area (Å²) in [5.74, 6) is 0.987. The molecule has 0 aliphatic carbocycles. The van der Waals surface area contributed by atoms with Gasteiger partial charge in [-0.3, -0.25) is 4.79 Å². The van der Waals surface area contributed by atoms with E-state index in [1.807, 2.05) is 59.2 Å². The van der Waals surface area contributed by atoms with E-state index in [2.05, 4.69) is 50.7 Å². The first-order chi connectivity index (χ1) is 19.5. The molecule has 0 fully saturated rings. The number of hydrogen-bond donors (Lipinski definition) is 1. The summed E-state index contributed by atoms with van der Waals surface area (Å²) in [5, 5.41) is 14.6. The number of benzene rings is 3. The SMILES string of the molecule is CCCCc1ncc(C(=O)CCC(F)F)n1Cc1ccc(-c2cc(-c3ccccc3)ccc2-c2nn[nH]n2)cc1. The van der Waals surface area contributed by atoms with Gasteiger partial charge in [0, 0.05) is 31.4 Å². The molecule has 9 heteroatoms. The molecule has 5 aromatic rings. The van der Waals surface area contributed by atoms with Crippen LogP contribution in [0.5, 0.6) is 0 Å². The number of H-pyrrole nitrogens is 1. The van der Waals surface area contributed by atoms with Crippen molar-refractivity contribution in [3.05, 3.63) is 96.1 Å². The molecule has 40 heavy (non-hydrogen) atoms. The van der Waals surface area contributed by atoms with Gasteiger partial charge < -0.3 is 4.57 Å². The smallest absolute Gasteiger partial charge is 0.239 e. The van der Waals surface area contributed by atoms with Crippen LogP contribution in [0.15, 0.2) is 79.0 Å². The van der Waals surface area contributed by atoms with Crippen LogP contribution in [0, 0.1) is 0 Å². The van der Waals surface area contributed by atoms with Crippen LogP contribution in [0.3, 0.4) is 0 Å². The molecule has 0 radical (unpaired) electrons. The third kappa shape index (κ3) is 6.20. The molecule has 1 N–H and O–H groups in total. The first kappa shape index (κ1) is 27.1. The summed E-state index contributed by atoms with van der Waals surface area (Å²) in [4.78, 5) is 17.2. The van der Waals surface area contributed by atoms with Gasteiger partial charge in [-0.1, -0.05) is 74.0 Å². The molecule has 0 saturated heterocycles. The van der Waals surface area contributed by atoms with E-state index in [1.54, 1.807) is 0 Å². The summed E-state index contributed by atoms with van der Waals surface area (Å²) in [5.41, 5.74) is 6.31. The lowest BCUT2D eigenvalue weighted by molar-refractivity contribution is 0.0901. The molecule has 0 atom stereocenters. The molecule has 7 nitrogen and oxygen atoms in total. The average Bonchev–Trinajstić information content (AvgIpc) is 3.66. The normalized spacial score (nSPS) is 11.3. The number of Topliss-reactive ketones (excluding diaryl/α,β-unsaturated/α-hetero) is 1. The number of carbonyl (C=O) groups is 1. The van der Waals surface area contributed by atoms with Crippen LogP contribution in [0.4, 0.5) is 8.78 Å². The van der Waals surface area contributed by atoms with Gasteiger partial charge in [0.1, 0.15) is 11.5 Å². The number of nitrogens with zero attached hydrogens (tertiary/aromatic N) is 5. The van der Waals surface area contributed by atoms with Crippen LogP contribution in [0.2, 0.25) is 0 Å². The lowest BCUT2D eigenvalue weighted by Crippen LogP contribution is -2.14. The highest BCUT2D eigenvalue weighted by Gasteiger charge is 2.19. The quantitative estimate of drug-likeness (QED) is 0.172. The fraction of sp³-hybridized carbons (Fsp3) is 0.258. The maximum absolute atomic E-state index is 12.8. The van der Waals surface area contributed by atoms with Gasteiger partial charge in [0.2, 0.25) is 12.2 Å². The van der Waals surface area contributed by atoms with E-state index < -0.39 is 12.8 Å². The Morgan fingerprint density at radius 1 is 0.950 bits per heavy atom. The molecule has 0 unspecified atom stereocenters. The largest absolute Gasteiger partial charge is 0.321 e. The topological polar surface area (TPSA) is 89.4 Å². The molecule has 204 valence electrons. The molecule has 0 aliphatic rings. The maximum Gasteiger partial charge on any atom is 0.239 e. The van der Waals surface area contributed by atoms with Crippen molar-refractivity contribution in [2.75, 3.05) is 0 Å². The van der Waals surface area contributed by atoms with Crippen molar-refractivity contribution in [2.24, 2.45) is 0 Å². The number of nitrogens with one attached hydrogen (secondary N) is 1. The van der Waals surface area contributed by atoms with E-state index in [0.717, 1.165) is 58.5 Å². The number of unbranched alkanes of at least 4 members (excludes halogenated alkanes) is 1. The van der Waals surface area contributed by atoms with Gasteiger partial charge in [0.25, 0.3) is 0 Å². The third-order valence-corrected chi connectivity index (χ3v) is 6.89. The fourth-order valence-electron chi connectivity index (χ4n) is 4.75. The number of hydrogen-bond acceptors (Lipinski definition) is 5. The second-order valence-corrected chi connectivity index (χ2v) is 9.66. The van der Waals surface area contributed by atoms with Gasteiger partial charge >= 0.3 is 0 Å². The first-order valence-electron chi connectivity index (χ1n) is 13.4. The molecule has 0 spiro atoms. The Morgan fingerprint density at radius 2 is 1.73 bits per heavy atom. The van der Waals surface area contributed by atoms with Crippen LogP contribution in [-0.2, 0) is 13.0 Å². The number of aromatic nitrogens is 6. The van der Waals surface area contributed by atoms with Crippen molar-refractivity contribution >= 4 is 5.78 Å². The molecule has 5 rings (SSSR count). The molecule has 2 heterocycles. The number of aromatic amines is 1. The van der Waals surface area contributed by atoms with Crippen LogP contribution >= 0.6 is 0 Å². The highest BCUT2D eigenvalue weighted by Crippen LogP contribution is 2.34. The van der Waals surface area contributed by atoms with E-state index in [1.165, 1.54) is 6.20 Å². The Balaban J connectivity index is 1.46. The molecule has 0 bridgehead atoms. The molecular formula is C31H30F2N6O. The highest BCUT2D eigenvalue weighted by molar-refractivity contribution is 5.94. The Labute approximate surface area is 231 Å². The van der Waals surface area contributed by atoms with Crippen molar-refractivity contribution in [1.29, 1.82) is 0 Å². The van der Waals surface area contributed by atoms with Crippen LogP contribution in [-0.4, -0.2) is 42.4 Å². The number of carbonyl (C=O) groups excluding carboxylic acids is 1. The Bertz CT molecular complexity index is 1550. The predicted octanol–water partition coefficient (Wildman–Crippen LogP) is 7.02. The van der Waals surface area contributed by atoms with E-state index in [4.69, 9.17) is 0 Å². The monoisotopic (exact) mass is 540 g/mol. The number of aryl methyl sites for hydroxylation is 1. The van der Waals surface area contributed by atoms with E-state index in [-0.39, 0.29) is 12.2 Å². The highest BCUT2D eigenvalue weighted by atomic mass is 19.3. The molecule has 3 aromatic carbocycles. The zero-order chi connectivity index (χ0) is 27.9. The lowest BCUT2D eigenvalue weighted by Gasteiger charge is -2.14. The second kappa shape index (κ2) is 12.5. The zero-order valence-corrected chi connectivity index (χ0v) is 22.2. The van der Waals surface area contributed by atoms with Crippen molar-refractivity contribution in [2.45, 2.75) is 52.0 Å². The van der Waals surface area contributed by atoms with Crippen LogP contribution in [0.25, 0.3) is 33.6 Å². The first-order valence-corrected chi connectivity index (χ1v) is 13.4. The zero-order valence-electron chi connectivity index (χ0n) is 22.2. The summed E-state index contributed by atoms with van der Waals surface area (Å²) in [6.07, 6.45) is 0.999. The Kier molecular flexibility index (Phi) is 8.49. The number of alkyl halides is 2. The van der Waals surface area contributed by atoms with Gasteiger partial charge in [-0.15, -0.1) is 10.2 Å². The van der Waals surface area contributed by atoms with Gasteiger partial charge in [-0.2, -0.15) is 5.21 Å². The van der Waals surface area contributed by atoms with Gasteiger partial charge in [-0.05, 0) is 51.6 Å². The van der Waals surface area contributed by atoms with Crippen molar-refractivity contribution in [1.82, 2.24) is 30.2 Å². The maximum atomic E-state index is 12.8. The second-order valence-electron chi connectivity index (χ2n) is 9.66. The van der Waals surface area contributed by atoms with Gasteiger partial charge in [0.05, 0.1) is 6.20 Å². The van der Waals surface area contributed by atoms with Crippen LogP contribution < -0.4 is 0 Å². The molecule has 0 aliphatic heterocycles. The van der Waals surface area contributed by atoms with E-state index in [9.17, 15) is 13.6 Å². The molecule has 0 amide bonds. The Hall–Kier alpha value is -4.53. The minimum absolute atomic E-state index is 0.202. The summed E-state index contributed by atoms with van der Waals surface area (Å²) in [6, 6.07) is 24.4. The number of rotatable bonds is 12. The minimum atomic E-state index is -2.51. The summed E-state index contributed by atoms with van der Waals surface area (Å²) >= 11 is 0. The van der Waals surface area contributed by atoms with Gasteiger partial charge in [0.15, 0.2) is 5.78 Å². The molecular weight excluding hydrogens is 510 g/mol. The third-order valence-electron chi connectivity index (χ3n) is 6.89. The lowest BCUT2D eigenvalue weighted by atomic mass is 9.93. The number of imidazole rings is 1. The number of tetrazole rings is 1. The van der Waals surface area contributed by atoms with Gasteiger partial charge in [-0.25, -0.2) is 13.8 Å². The van der Waals surface area contributed by atoms with Crippen molar-refractivity contribution in [3.8, 4) is 33.6 Å².